The number of nitrogens with one attached hydrogen (secondary N) is 2. The Balaban J connectivity index is 1.78. The standard InChI is InChI=1S/C22H34N4O4/c1-6-17-9-7-8-10-18(17)24-19(27)15-25-11-13-26(14-12-25)20(28)16(2)23-21(29)30-22(3,4)5/h7-10,16H,6,11-15H2,1-5H3,(H,23,29)(H,24,27)/t16-/m1/s1. The van der Waals surface area contributed by atoms with Crippen LogP contribution in [0.3, 0.4) is 0 Å². The monoisotopic (exact) mass is 418 g/mol. The second-order valence-electron chi connectivity index (χ2n) is 8.53. The first-order chi connectivity index (χ1) is 14.1. The van der Waals surface area contributed by atoms with Crippen LogP contribution in [-0.2, 0) is 20.7 Å². The highest BCUT2D eigenvalue weighted by atomic mass is 16.6. The van der Waals surface area contributed by atoms with Crippen molar-refractivity contribution >= 4 is 23.6 Å². The minimum Gasteiger partial charge on any atom is -0.444 e. The van der Waals surface area contributed by atoms with Crippen LogP contribution in [0.1, 0.15) is 40.2 Å². The van der Waals surface area contributed by atoms with Crippen LogP contribution in [0.5, 0.6) is 0 Å². The zero-order valence-electron chi connectivity index (χ0n) is 18.7. The Labute approximate surface area is 178 Å². The number of rotatable bonds is 6. The maximum atomic E-state index is 12.6. The molecule has 1 aromatic carbocycles. The molecule has 0 aromatic heterocycles. The number of benzene rings is 1. The predicted molar refractivity (Wildman–Crippen MR) is 116 cm³/mol. The molecule has 3 amide bonds. The molecule has 8 nitrogen and oxygen atoms in total. The Morgan fingerprint density at radius 2 is 1.73 bits per heavy atom. The number of hydrogen-bond donors (Lipinski definition) is 2. The van der Waals surface area contributed by atoms with Gasteiger partial charge in [0.1, 0.15) is 11.6 Å². The van der Waals surface area contributed by atoms with Gasteiger partial charge in [-0.25, -0.2) is 4.79 Å². The van der Waals surface area contributed by atoms with Gasteiger partial charge in [0, 0.05) is 31.9 Å². The summed E-state index contributed by atoms with van der Waals surface area (Å²) in [5.41, 5.74) is 1.34. The Hall–Kier alpha value is -2.61. The highest BCUT2D eigenvalue weighted by Crippen LogP contribution is 2.15. The van der Waals surface area contributed by atoms with Crippen LogP contribution >= 0.6 is 0 Å². The van der Waals surface area contributed by atoms with Crippen LogP contribution in [-0.4, -0.2) is 72.1 Å². The van der Waals surface area contributed by atoms with Gasteiger partial charge in [0.05, 0.1) is 6.54 Å². The zero-order chi connectivity index (χ0) is 22.3. The molecule has 8 heteroatoms. The number of anilines is 1. The third kappa shape index (κ3) is 7.33. The fraction of sp³-hybridized carbons (Fsp3) is 0.591. The molecule has 0 aliphatic carbocycles. The van der Waals surface area contributed by atoms with E-state index < -0.39 is 17.7 Å². The molecule has 0 bridgehead atoms. The van der Waals surface area contributed by atoms with Gasteiger partial charge in [0.15, 0.2) is 0 Å². The lowest BCUT2D eigenvalue weighted by molar-refractivity contribution is -0.135. The van der Waals surface area contributed by atoms with E-state index in [-0.39, 0.29) is 18.4 Å². The molecular weight excluding hydrogens is 384 g/mol. The molecule has 0 spiro atoms. The molecule has 1 saturated heterocycles. The Bertz CT molecular complexity index is 752. The molecule has 2 rings (SSSR count). The summed E-state index contributed by atoms with van der Waals surface area (Å²) in [4.78, 5) is 40.6. The number of aryl methyl sites for hydroxylation is 1. The maximum absolute atomic E-state index is 12.6. The van der Waals surface area contributed by atoms with E-state index >= 15 is 0 Å². The van der Waals surface area contributed by atoms with Gasteiger partial charge in [-0.05, 0) is 45.7 Å². The van der Waals surface area contributed by atoms with Gasteiger partial charge < -0.3 is 20.3 Å². The van der Waals surface area contributed by atoms with Gasteiger partial charge in [-0.3, -0.25) is 14.5 Å². The number of carbonyl (C=O) groups excluding carboxylic acids is 3. The number of piperazine rings is 1. The lowest BCUT2D eigenvalue weighted by Crippen LogP contribution is -2.55. The molecule has 30 heavy (non-hydrogen) atoms. The molecule has 166 valence electrons. The number of carbonyl (C=O) groups is 3. The molecule has 0 radical (unpaired) electrons. The Kier molecular flexibility index (Phi) is 8.23. The highest BCUT2D eigenvalue weighted by molar-refractivity contribution is 5.93. The first-order valence-corrected chi connectivity index (χ1v) is 10.5. The van der Waals surface area contributed by atoms with Crippen LogP contribution in [0.25, 0.3) is 0 Å². The van der Waals surface area contributed by atoms with Crippen LogP contribution in [0.2, 0.25) is 0 Å². The van der Waals surface area contributed by atoms with Crippen molar-refractivity contribution in [2.24, 2.45) is 0 Å². The van der Waals surface area contributed by atoms with Gasteiger partial charge in [-0.1, -0.05) is 25.1 Å². The van der Waals surface area contributed by atoms with E-state index in [0.29, 0.717) is 26.2 Å². The van der Waals surface area contributed by atoms with Gasteiger partial charge in [-0.15, -0.1) is 0 Å². The molecule has 0 unspecified atom stereocenters. The topological polar surface area (TPSA) is 91.0 Å². The van der Waals surface area contributed by atoms with E-state index in [1.165, 1.54) is 0 Å². The summed E-state index contributed by atoms with van der Waals surface area (Å²) in [6.45, 7) is 11.5. The van der Waals surface area contributed by atoms with E-state index in [2.05, 4.69) is 17.6 Å². The molecule has 0 saturated carbocycles. The number of nitrogens with zero attached hydrogens (tertiary/aromatic N) is 2. The molecule has 1 heterocycles. The number of para-hydroxylation sites is 1. The number of alkyl carbamates (subject to hydrolysis) is 1. The smallest absolute Gasteiger partial charge is 0.408 e. The lowest BCUT2D eigenvalue weighted by Gasteiger charge is -2.35. The van der Waals surface area contributed by atoms with E-state index in [1.54, 1.807) is 32.6 Å². The summed E-state index contributed by atoms with van der Waals surface area (Å²) in [6, 6.07) is 7.12. The number of hydrogen-bond acceptors (Lipinski definition) is 5. The van der Waals surface area contributed by atoms with Crippen LogP contribution < -0.4 is 10.6 Å². The van der Waals surface area contributed by atoms with E-state index in [4.69, 9.17) is 4.74 Å². The zero-order valence-corrected chi connectivity index (χ0v) is 18.7. The van der Waals surface area contributed by atoms with Crippen molar-refractivity contribution < 1.29 is 19.1 Å². The van der Waals surface area contributed by atoms with Crippen LogP contribution in [0, 0.1) is 0 Å². The fourth-order valence-electron chi connectivity index (χ4n) is 3.29. The molecule has 1 fully saturated rings. The third-order valence-electron chi connectivity index (χ3n) is 4.83. The first-order valence-electron chi connectivity index (χ1n) is 10.5. The van der Waals surface area contributed by atoms with Crippen molar-refractivity contribution in [2.45, 2.75) is 52.7 Å². The average molecular weight is 419 g/mol. The Morgan fingerprint density at radius 1 is 1.10 bits per heavy atom. The van der Waals surface area contributed by atoms with Gasteiger partial charge in [-0.2, -0.15) is 0 Å². The molecule has 2 N–H and O–H groups in total. The second-order valence-corrected chi connectivity index (χ2v) is 8.53. The SMILES string of the molecule is CCc1ccccc1NC(=O)CN1CCN(C(=O)[C@@H](C)NC(=O)OC(C)(C)C)CC1. The minimum atomic E-state index is -0.666. The van der Waals surface area contributed by atoms with E-state index in [9.17, 15) is 14.4 Å². The fourth-order valence-corrected chi connectivity index (χ4v) is 3.29. The Morgan fingerprint density at radius 3 is 2.33 bits per heavy atom. The van der Waals surface area contributed by atoms with Gasteiger partial charge in [0.25, 0.3) is 0 Å². The molecule has 1 aliphatic rings. The summed E-state index contributed by atoms with van der Waals surface area (Å²) < 4.78 is 5.20. The van der Waals surface area contributed by atoms with E-state index in [0.717, 1.165) is 17.7 Å². The van der Waals surface area contributed by atoms with Gasteiger partial charge >= 0.3 is 6.09 Å². The molecule has 1 aromatic rings. The largest absolute Gasteiger partial charge is 0.444 e. The highest BCUT2D eigenvalue weighted by Gasteiger charge is 2.28. The summed E-state index contributed by atoms with van der Waals surface area (Å²) in [5.74, 6) is -0.211. The van der Waals surface area contributed by atoms with Crippen molar-refractivity contribution in [2.75, 3.05) is 38.0 Å². The van der Waals surface area contributed by atoms with Crippen LogP contribution in [0.15, 0.2) is 24.3 Å². The quantitative estimate of drug-likeness (QED) is 0.739. The molecular formula is C22H34N4O4. The third-order valence-corrected chi connectivity index (χ3v) is 4.83. The average Bonchev–Trinajstić information content (AvgIpc) is 2.66. The van der Waals surface area contributed by atoms with E-state index in [1.807, 2.05) is 29.2 Å². The summed E-state index contributed by atoms with van der Waals surface area (Å²) >= 11 is 0. The molecule has 1 aliphatic heterocycles. The minimum absolute atomic E-state index is 0.0596. The lowest BCUT2D eigenvalue weighted by atomic mass is 10.1. The van der Waals surface area contributed by atoms with Crippen molar-refractivity contribution in [3.05, 3.63) is 29.8 Å². The van der Waals surface area contributed by atoms with Crippen molar-refractivity contribution in [1.82, 2.24) is 15.1 Å². The summed E-state index contributed by atoms with van der Waals surface area (Å²) in [5, 5.41) is 5.56. The van der Waals surface area contributed by atoms with Gasteiger partial charge in [0.2, 0.25) is 11.8 Å². The normalized spacial score (nSPS) is 16.0. The van der Waals surface area contributed by atoms with Crippen LogP contribution in [0.4, 0.5) is 10.5 Å². The second kappa shape index (κ2) is 10.4. The summed E-state index contributed by atoms with van der Waals surface area (Å²) in [6.07, 6.45) is 0.248. The van der Waals surface area contributed by atoms with Crippen molar-refractivity contribution in [1.29, 1.82) is 0 Å². The number of ether oxygens (including phenoxy) is 1. The van der Waals surface area contributed by atoms with Crippen molar-refractivity contribution in [3.63, 3.8) is 0 Å². The number of amides is 3. The van der Waals surface area contributed by atoms with Crippen molar-refractivity contribution in [3.8, 4) is 0 Å². The molecule has 1 atom stereocenters. The first kappa shape index (κ1) is 23.7. The summed E-state index contributed by atoms with van der Waals surface area (Å²) in [7, 11) is 0. The predicted octanol–water partition coefficient (Wildman–Crippen LogP) is 2.24. The maximum Gasteiger partial charge on any atom is 0.408 e.